The lowest BCUT2D eigenvalue weighted by Crippen LogP contribution is -2.68. The first-order valence-corrected chi connectivity index (χ1v) is 7.96. The summed E-state index contributed by atoms with van der Waals surface area (Å²) in [6.07, 6.45) is 10.2. The van der Waals surface area contributed by atoms with Crippen LogP contribution < -0.4 is 5.32 Å². The van der Waals surface area contributed by atoms with E-state index in [0.717, 1.165) is 18.7 Å². The van der Waals surface area contributed by atoms with Gasteiger partial charge in [-0.3, -0.25) is 0 Å². The van der Waals surface area contributed by atoms with E-state index in [-0.39, 0.29) is 0 Å². The van der Waals surface area contributed by atoms with E-state index in [1.165, 1.54) is 44.9 Å². The third-order valence-electron chi connectivity index (χ3n) is 6.10. The second-order valence-electron chi connectivity index (χ2n) is 7.42. The van der Waals surface area contributed by atoms with Crippen molar-refractivity contribution in [3.05, 3.63) is 0 Å². The summed E-state index contributed by atoms with van der Waals surface area (Å²) in [7, 11) is 0. The SMILES string of the molecule is CCOC1CC(NC2CCCC2(C)C)C12CCC2. The summed E-state index contributed by atoms with van der Waals surface area (Å²) in [5, 5.41) is 4.01. The molecule has 0 heterocycles. The number of nitrogens with one attached hydrogen (secondary N) is 1. The molecule has 0 radical (unpaired) electrons. The molecule has 0 bridgehead atoms. The molecule has 0 saturated heterocycles. The zero-order valence-electron chi connectivity index (χ0n) is 12.3. The van der Waals surface area contributed by atoms with Crippen LogP contribution in [0.1, 0.15) is 65.7 Å². The molecule has 0 aromatic rings. The summed E-state index contributed by atoms with van der Waals surface area (Å²) in [6.45, 7) is 7.88. The highest BCUT2D eigenvalue weighted by Gasteiger charge is 2.59. The fourth-order valence-electron chi connectivity index (χ4n) is 4.55. The van der Waals surface area contributed by atoms with Crippen LogP contribution >= 0.6 is 0 Å². The van der Waals surface area contributed by atoms with Crippen LogP contribution in [-0.4, -0.2) is 24.8 Å². The maximum Gasteiger partial charge on any atom is 0.0661 e. The van der Waals surface area contributed by atoms with Crippen molar-refractivity contribution < 1.29 is 4.74 Å². The third kappa shape index (κ3) is 1.84. The van der Waals surface area contributed by atoms with Crippen LogP contribution in [0.2, 0.25) is 0 Å². The Labute approximate surface area is 112 Å². The van der Waals surface area contributed by atoms with E-state index in [4.69, 9.17) is 4.74 Å². The van der Waals surface area contributed by atoms with Crippen molar-refractivity contribution in [2.75, 3.05) is 6.61 Å². The fourth-order valence-corrected chi connectivity index (χ4v) is 4.55. The van der Waals surface area contributed by atoms with Gasteiger partial charge in [0.05, 0.1) is 6.10 Å². The number of ether oxygens (including phenoxy) is 1. The van der Waals surface area contributed by atoms with Crippen molar-refractivity contribution in [3.63, 3.8) is 0 Å². The molecule has 0 aliphatic heterocycles. The van der Waals surface area contributed by atoms with Gasteiger partial charge in [0, 0.05) is 24.1 Å². The highest BCUT2D eigenvalue weighted by atomic mass is 16.5. The first-order chi connectivity index (χ1) is 8.58. The average molecular weight is 251 g/mol. The molecule has 104 valence electrons. The molecule has 3 fully saturated rings. The molecular weight excluding hydrogens is 222 g/mol. The van der Waals surface area contributed by atoms with Crippen molar-refractivity contribution in [2.24, 2.45) is 10.8 Å². The van der Waals surface area contributed by atoms with E-state index in [1.807, 2.05) is 0 Å². The number of hydrogen-bond acceptors (Lipinski definition) is 2. The quantitative estimate of drug-likeness (QED) is 0.825. The lowest BCUT2D eigenvalue weighted by molar-refractivity contribution is -0.176. The summed E-state index contributed by atoms with van der Waals surface area (Å²) in [4.78, 5) is 0. The number of rotatable bonds is 4. The molecule has 3 aliphatic carbocycles. The Morgan fingerprint density at radius 3 is 2.39 bits per heavy atom. The highest BCUT2D eigenvalue weighted by Crippen LogP contribution is 2.58. The van der Waals surface area contributed by atoms with E-state index < -0.39 is 0 Å². The van der Waals surface area contributed by atoms with E-state index in [0.29, 0.717) is 16.9 Å². The summed E-state index contributed by atoms with van der Waals surface area (Å²) < 4.78 is 5.94. The Kier molecular flexibility index (Phi) is 3.22. The van der Waals surface area contributed by atoms with E-state index in [2.05, 4.69) is 26.1 Å². The van der Waals surface area contributed by atoms with Crippen molar-refractivity contribution in [1.29, 1.82) is 0 Å². The van der Waals surface area contributed by atoms with Gasteiger partial charge < -0.3 is 10.1 Å². The largest absolute Gasteiger partial charge is 0.378 e. The highest BCUT2D eigenvalue weighted by molar-refractivity contribution is 5.13. The molecule has 3 rings (SSSR count). The van der Waals surface area contributed by atoms with E-state index >= 15 is 0 Å². The molecule has 2 heteroatoms. The van der Waals surface area contributed by atoms with E-state index in [9.17, 15) is 0 Å². The van der Waals surface area contributed by atoms with Gasteiger partial charge >= 0.3 is 0 Å². The normalized spacial score (nSPS) is 40.5. The van der Waals surface area contributed by atoms with Gasteiger partial charge in [-0.25, -0.2) is 0 Å². The molecule has 1 spiro atoms. The van der Waals surface area contributed by atoms with Crippen LogP contribution in [0.25, 0.3) is 0 Å². The molecule has 3 aliphatic rings. The monoisotopic (exact) mass is 251 g/mol. The minimum atomic E-state index is 0.502. The van der Waals surface area contributed by atoms with Gasteiger partial charge in [-0.2, -0.15) is 0 Å². The zero-order chi connectivity index (χ0) is 12.8. The Balaban J connectivity index is 1.61. The van der Waals surface area contributed by atoms with Gasteiger partial charge in [0.25, 0.3) is 0 Å². The lowest BCUT2D eigenvalue weighted by atomic mass is 9.50. The van der Waals surface area contributed by atoms with Gasteiger partial charge in [-0.15, -0.1) is 0 Å². The maximum atomic E-state index is 5.94. The average Bonchev–Trinajstić information content (AvgIpc) is 2.54. The Morgan fingerprint density at radius 2 is 1.89 bits per heavy atom. The predicted octanol–water partition coefficient (Wildman–Crippen LogP) is 3.50. The van der Waals surface area contributed by atoms with Gasteiger partial charge in [0.15, 0.2) is 0 Å². The maximum absolute atomic E-state index is 5.94. The van der Waals surface area contributed by atoms with Crippen LogP contribution in [0.3, 0.4) is 0 Å². The molecule has 18 heavy (non-hydrogen) atoms. The van der Waals surface area contributed by atoms with Gasteiger partial charge in [-0.05, 0) is 44.4 Å². The molecule has 3 unspecified atom stereocenters. The van der Waals surface area contributed by atoms with Crippen LogP contribution in [0, 0.1) is 10.8 Å². The summed E-state index contributed by atoms with van der Waals surface area (Å²) in [5.41, 5.74) is 1.02. The van der Waals surface area contributed by atoms with Crippen molar-refractivity contribution >= 4 is 0 Å². The fraction of sp³-hybridized carbons (Fsp3) is 1.00. The van der Waals surface area contributed by atoms with Crippen LogP contribution in [0.4, 0.5) is 0 Å². The molecular formula is C16H29NO. The minimum Gasteiger partial charge on any atom is -0.378 e. The van der Waals surface area contributed by atoms with Gasteiger partial charge in [0.1, 0.15) is 0 Å². The summed E-state index contributed by atoms with van der Waals surface area (Å²) in [6, 6.07) is 1.48. The van der Waals surface area contributed by atoms with Crippen molar-refractivity contribution in [3.8, 4) is 0 Å². The second kappa shape index (κ2) is 4.49. The molecule has 0 aromatic carbocycles. The van der Waals surface area contributed by atoms with E-state index in [1.54, 1.807) is 0 Å². The second-order valence-corrected chi connectivity index (χ2v) is 7.42. The molecule has 0 amide bonds. The Hall–Kier alpha value is -0.0800. The third-order valence-corrected chi connectivity index (χ3v) is 6.10. The summed E-state index contributed by atoms with van der Waals surface area (Å²) >= 11 is 0. The van der Waals surface area contributed by atoms with Crippen LogP contribution in [0.15, 0.2) is 0 Å². The standard InChI is InChI=1S/C16H29NO/c1-4-18-14-11-13(16(14)9-6-10-16)17-12-7-5-8-15(12,2)3/h12-14,17H,4-11H2,1-3H3. The molecule has 3 atom stereocenters. The molecule has 0 aromatic heterocycles. The number of hydrogen-bond donors (Lipinski definition) is 1. The van der Waals surface area contributed by atoms with Crippen LogP contribution in [0.5, 0.6) is 0 Å². The Bertz CT molecular complexity index is 308. The summed E-state index contributed by atoms with van der Waals surface area (Å²) in [5.74, 6) is 0. The van der Waals surface area contributed by atoms with Gasteiger partial charge in [-0.1, -0.05) is 26.7 Å². The van der Waals surface area contributed by atoms with Crippen molar-refractivity contribution in [1.82, 2.24) is 5.32 Å². The molecule has 3 saturated carbocycles. The van der Waals surface area contributed by atoms with Crippen LogP contribution in [-0.2, 0) is 4.74 Å². The first kappa shape index (κ1) is 12.9. The topological polar surface area (TPSA) is 21.3 Å². The lowest BCUT2D eigenvalue weighted by Gasteiger charge is -2.62. The van der Waals surface area contributed by atoms with Gasteiger partial charge in [0.2, 0.25) is 0 Å². The first-order valence-electron chi connectivity index (χ1n) is 7.96. The zero-order valence-corrected chi connectivity index (χ0v) is 12.3. The molecule has 2 nitrogen and oxygen atoms in total. The molecule has 1 N–H and O–H groups in total. The Morgan fingerprint density at radius 1 is 1.11 bits per heavy atom. The van der Waals surface area contributed by atoms with Crippen molar-refractivity contribution in [2.45, 2.75) is 83.9 Å². The predicted molar refractivity (Wildman–Crippen MR) is 74.7 cm³/mol. The minimum absolute atomic E-state index is 0.502. The smallest absolute Gasteiger partial charge is 0.0661 e.